The van der Waals surface area contributed by atoms with Crippen molar-refractivity contribution in [2.75, 3.05) is 31.1 Å². The first-order chi connectivity index (χ1) is 10.8. The Hall–Kier alpha value is -1.55. The first-order valence-electron chi connectivity index (χ1n) is 8.64. The van der Waals surface area contributed by atoms with E-state index in [1.54, 1.807) is 0 Å². The Labute approximate surface area is 133 Å². The Morgan fingerprint density at radius 1 is 1.09 bits per heavy atom. The van der Waals surface area contributed by atoms with Gasteiger partial charge in [0.1, 0.15) is 0 Å². The molecule has 2 N–H and O–H groups in total. The van der Waals surface area contributed by atoms with Gasteiger partial charge in [0, 0.05) is 30.7 Å². The predicted molar refractivity (Wildman–Crippen MR) is 90.0 cm³/mol. The molecule has 0 bridgehead atoms. The zero-order valence-electron chi connectivity index (χ0n) is 13.3. The lowest BCUT2D eigenvalue weighted by Crippen LogP contribution is -2.49. The van der Waals surface area contributed by atoms with Gasteiger partial charge in [0.05, 0.1) is 0 Å². The summed E-state index contributed by atoms with van der Waals surface area (Å²) >= 11 is 0. The highest BCUT2D eigenvalue weighted by molar-refractivity contribution is 5.79. The van der Waals surface area contributed by atoms with Crippen LogP contribution in [0.1, 0.15) is 32.1 Å². The molecular formula is C18H27N3O. The largest absolute Gasteiger partial charge is 0.369 e. The molecule has 2 saturated heterocycles. The summed E-state index contributed by atoms with van der Waals surface area (Å²) in [6.45, 7) is 4.04. The van der Waals surface area contributed by atoms with E-state index in [0.717, 1.165) is 58.3 Å². The minimum atomic E-state index is 0.196. The molecular weight excluding hydrogens is 274 g/mol. The van der Waals surface area contributed by atoms with Gasteiger partial charge in [-0.1, -0.05) is 18.2 Å². The van der Waals surface area contributed by atoms with Crippen LogP contribution < -0.4 is 15.5 Å². The van der Waals surface area contributed by atoms with Gasteiger partial charge in [-0.2, -0.15) is 0 Å². The van der Waals surface area contributed by atoms with Crippen LogP contribution in [0, 0.1) is 5.92 Å². The van der Waals surface area contributed by atoms with E-state index in [1.165, 1.54) is 5.69 Å². The summed E-state index contributed by atoms with van der Waals surface area (Å²) in [5, 5.41) is 6.68. The molecule has 0 saturated carbocycles. The number of carbonyl (C=O) groups excluding carboxylic acids is 1. The third-order valence-corrected chi connectivity index (χ3v) is 4.84. The highest BCUT2D eigenvalue weighted by atomic mass is 16.1. The molecule has 0 radical (unpaired) electrons. The summed E-state index contributed by atoms with van der Waals surface area (Å²) in [5.74, 6) is 0.464. The number of anilines is 1. The van der Waals surface area contributed by atoms with Crippen LogP contribution in [0.3, 0.4) is 0 Å². The van der Waals surface area contributed by atoms with E-state index in [9.17, 15) is 4.79 Å². The Bertz CT molecular complexity index is 468. The molecule has 2 heterocycles. The fourth-order valence-corrected chi connectivity index (χ4v) is 3.57. The average Bonchev–Trinajstić information content (AvgIpc) is 2.85. The van der Waals surface area contributed by atoms with E-state index in [4.69, 9.17) is 0 Å². The normalized spacial score (nSPS) is 26.3. The number of piperidine rings is 1. The van der Waals surface area contributed by atoms with Crippen molar-refractivity contribution in [3.63, 3.8) is 0 Å². The fourth-order valence-electron chi connectivity index (χ4n) is 3.57. The van der Waals surface area contributed by atoms with E-state index in [-0.39, 0.29) is 17.9 Å². The van der Waals surface area contributed by atoms with Gasteiger partial charge in [0.15, 0.2) is 0 Å². The monoisotopic (exact) mass is 301 g/mol. The van der Waals surface area contributed by atoms with E-state index in [1.807, 2.05) is 6.07 Å². The number of nitrogens with one attached hydrogen (secondary N) is 2. The Kier molecular flexibility index (Phi) is 5.33. The Morgan fingerprint density at radius 2 is 1.95 bits per heavy atom. The summed E-state index contributed by atoms with van der Waals surface area (Å²) < 4.78 is 0. The Morgan fingerprint density at radius 3 is 2.82 bits per heavy atom. The zero-order valence-corrected chi connectivity index (χ0v) is 13.3. The van der Waals surface area contributed by atoms with Crippen LogP contribution in [0.2, 0.25) is 0 Å². The number of amides is 1. The van der Waals surface area contributed by atoms with Gasteiger partial charge in [-0.25, -0.2) is 0 Å². The molecule has 22 heavy (non-hydrogen) atoms. The fraction of sp³-hybridized carbons (Fsp3) is 0.611. The summed E-state index contributed by atoms with van der Waals surface area (Å²) in [5.41, 5.74) is 1.26. The van der Waals surface area contributed by atoms with Crippen molar-refractivity contribution < 1.29 is 4.79 Å². The Balaban J connectivity index is 1.54. The lowest BCUT2D eigenvalue weighted by molar-refractivity contribution is -0.126. The number of benzene rings is 1. The molecule has 120 valence electrons. The third kappa shape index (κ3) is 4.01. The van der Waals surface area contributed by atoms with Crippen molar-refractivity contribution in [3.8, 4) is 0 Å². The van der Waals surface area contributed by atoms with Crippen LogP contribution in [0.15, 0.2) is 30.3 Å². The molecule has 0 aromatic heterocycles. The molecule has 4 nitrogen and oxygen atoms in total. The maximum Gasteiger partial charge on any atom is 0.223 e. The molecule has 2 fully saturated rings. The molecule has 2 aliphatic rings. The second-order valence-corrected chi connectivity index (χ2v) is 6.51. The first kappa shape index (κ1) is 15.3. The maximum absolute atomic E-state index is 12.5. The minimum Gasteiger partial charge on any atom is -0.369 e. The topological polar surface area (TPSA) is 44.4 Å². The van der Waals surface area contributed by atoms with Crippen LogP contribution in [-0.2, 0) is 4.79 Å². The average molecular weight is 301 g/mol. The quantitative estimate of drug-likeness (QED) is 0.899. The summed E-state index contributed by atoms with van der Waals surface area (Å²) in [4.78, 5) is 14.9. The number of para-hydroxylation sites is 1. The lowest BCUT2D eigenvalue weighted by Gasteiger charge is -2.35. The number of hydrogen-bond acceptors (Lipinski definition) is 3. The molecule has 1 unspecified atom stereocenters. The van der Waals surface area contributed by atoms with Gasteiger partial charge in [-0.05, 0) is 57.3 Å². The third-order valence-electron chi connectivity index (χ3n) is 4.84. The molecule has 0 spiro atoms. The van der Waals surface area contributed by atoms with Gasteiger partial charge in [0.25, 0.3) is 0 Å². The van der Waals surface area contributed by atoms with E-state index in [0.29, 0.717) is 0 Å². The second kappa shape index (κ2) is 7.63. The summed E-state index contributed by atoms with van der Waals surface area (Å²) in [6.07, 6.45) is 5.35. The summed E-state index contributed by atoms with van der Waals surface area (Å²) in [6, 6.07) is 10.8. The van der Waals surface area contributed by atoms with Gasteiger partial charge >= 0.3 is 0 Å². The van der Waals surface area contributed by atoms with E-state index in [2.05, 4.69) is 39.8 Å². The van der Waals surface area contributed by atoms with Gasteiger partial charge in [-0.3, -0.25) is 4.79 Å². The molecule has 4 heteroatoms. The van der Waals surface area contributed by atoms with Crippen molar-refractivity contribution in [3.05, 3.63) is 30.3 Å². The predicted octanol–water partition coefficient (Wildman–Crippen LogP) is 2.16. The molecule has 1 amide bonds. The number of rotatable bonds is 3. The number of hydrogen-bond donors (Lipinski definition) is 2. The highest BCUT2D eigenvalue weighted by Crippen LogP contribution is 2.20. The minimum absolute atomic E-state index is 0.196. The smallest absolute Gasteiger partial charge is 0.223 e. The number of nitrogens with zero attached hydrogens (tertiary/aromatic N) is 1. The van der Waals surface area contributed by atoms with E-state index >= 15 is 0 Å². The molecule has 2 atom stereocenters. The standard InChI is InChI=1S/C18H27N3O/c22-18(15-6-4-11-19-12-10-15)20-16-7-5-13-21(14-16)17-8-2-1-3-9-17/h1-3,8-9,15-16,19H,4-7,10-14H2,(H,20,22)/t15?,16-/m0/s1. The summed E-state index contributed by atoms with van der Waals surface area (Å²) in [7, 11) is 0. The van der Waals surface area contributed by atoms with Gasteiger partial charge in [-0.15, -0.1) is 0 Å². The van der Waals surface area contributed by atoms with Crippen LogP contribution >= 0.6 is 0 Å². The van der Waals surface area contributed by atoms with E-state index < -0.39 is 0 Å². The van der Waals surface area contributed by atoms with Crippen molar-refractivity contribution in [1.29, 1.82) is 0 Å². The first-order valence-corrected chi connectivity index (χ1v) is 8.64. The van der Waals surface area contributed by atoms with Crippen molar-refractivity contribution in [2.45, 2.75) is 38.1 Å². The number of carbonyl (C=O) groups is 1. The highest BCUT2D eigenvalue weighted by Gasteiger charge is 2.25. The van der Waals surface area contributed by atoms with Gasteiger partial charge < -0.3 is 15.5 Å². The van der Waals surface area contributed by atoms with Crippen LogP contribution in [0.25, 0.3) is 0 Å². The van der Waals surface area contributed by atoms with Crippen molar-refractivity contribution in [1.82, 2.24) is 10.6 Å². The SMILES string of the molecule is O=C(N[C@H]1CCCN(c2ccccc2)C1)C1CCCNCC1. The second-order valence-electron chi connectivity index (χ2n) is 6.51. The zero-order chi connectivity index (χ0) is 15.2. The van der Waals surface area contributed by atoms with Gasteiger partial charge in [0.2, 0.25) is 5.91 Å². The molecule has 1 aromatic rings. The lowest BCUT2D eigenvalue weighted by atomic mass is 9.98. The molecule has 3 rings (SSSR count). The van der Waals surface area contributed by atoms with Crippen LogP contribution in [-0.4, -0.2) is 38.1 Å². The van der Waals surface area contributed by atoms with Crippen molar-refractivity contribution in [2.24, 2.45) is 5.92 Å². The van der Waals surface area contributed by atoms with Crippen LogP contribution in [0.5, 0.6) is 0 Å². The van der Waals surface area contributed by atoms with Crippen molar-refractivity contribution >= 4 is 11.6 Å². The van der Waals surface area contributed by atoms with Crippen LogP contribution in [0.4, 0.5) is 5.69 Å². The molecule has 0 aliphatic carbocycles. The molecule has 2 aliphatic heterocycles. The maximum atomic E-state index is 12.5. The molecule has 1 aromatic carbocycles.